The maximum Gasteiger partial charge on any atom is 0.251 e. The predicted octanol–water partition coefficient (Wildman–Crippen LogP) is 2.97. The zero-order valence-electron chi connectivity index (χ0n) is 16.0. The highest BCUT2D eigenvalue weighted by molar-refractivity contribution is 5.63. The number of likely N-dealkylation sites (tertiary alicyclic amines) is 1. The van der Waals surface area contributed by atoms with Gasteiger partial charge in [-0.3, -0.25) is 14.7 Å². The highest BCUT2D eigenvalue weighted by Crippen LogP contribution is 2.23. The van der Waals surface area contributed by atoms with E-state index in [2.05, 4.69) is 32.0 Å². The first-order valence-corrected chi connectivity index (χ1v) is 9.53. The van der Waals surface area contributed by atoms with Gasteiger partial charge in [0.1, 0.15) is 5.82 Å². The molecule has 1 saturated heterocycles. The Hall–Kier alpha value is -2.83. The summed E-state index contributed by atoms with van der Waals surface area (Å²) in [6, 6.07) is 13.5. The van der Waals surface area contributed by atoms with Gasteiger partial charge in [0, 0.05) is 49.8 Å². The molecule has 0 radical (unpaired) electrons. The Kier molecular flexibility index (Phi) is 5.60. The summed E-state index contributed by atoms with van der Waals surface area (Å²) in [7, 11) is 1.76. The topological polar surface area (TPSA) is 71.1 Å². The Morgan fingerprint density at radius 2 is 2.04 bits per heavy atom. The summed E-state index contributed by atoms with van der Waals surface area (Å²) in [4.78, 5) is 26.2. The van der Waals surface area contributed by atoms with Gasteiger partial charge in [-0.25, -0.2) is 4.98 Å². The summed E-state index contributed by atoms with van der Waals surface area (Å²) in [5.41, 5.74) is 3.49. The largest absolute Gasteiger partial charge is 0.384 e. The van der Waals surface area contributed by atoms with Crippen LogP contribution in [0.4, 0.5) is 0 Å². The molecular formula is C22H24N4O2. The lowest BCUT2D eigenvalue weighted by atomic mass is 10.1. The molecular weight excluding hydrogens is 352 g/mol. The van der Waals surface area contributed by atoms with Crippen molar-refractivity contribution in [3.05, 3.63) is 70.8 Å². The second-order valence-corrected chi connectivity index (χ2v) is 7.26. The SMILES string of the molecule is COCC1CCN(Cc2cccc(-c3nc(-c4ccncc4)cc(=O)[nH]3)c2)C1. The van der Waals surface area contributed by atoms with E-state index >= 15 is 0 Å². The number of rotatable bonds is 6. The summed E-state index contributed by atoms with van der Waals surface area (Å²) in [5.74, 6) is 1.20. The molecule has 1 unspecified atom stereocenters. The second kappa shape index (κ2) is 8.46. The fourth-order valence-corrected chi connectivity index (χ4v) is 3.77. The summed E-state index contributed by atoms with van der Waals surface area (Å²) in [5, 5.41) is 0. The smallest absolute Gasteiger partial charge is 0.251 e. The van der Waals surface area contributed by atoms with Gasteiger partial charge in [-0.2, -0.15) is 0 Å². The molecule has 2 aromatic heterocycles. The second-order valence-electron chi connectivity index (χ2n) is 7.26. The molecule has 1 aliphatic heterocycles. The van der Waals surface area contributed by atoms with E-state index in [1.807, 2.05) is 24.3 Å². The lowest BCUT2D eigenvalue weighted by molar-refractivity contribution is 0.152. The minimum absolute atomic E-state index is 0.163. The maximum atomic E-state index is 12.2. The molecule has 1 aromatic carbocycles. The monoisotopic (exact) mass is 376 g/mol. The van der Waals surface area contributed by atoms with E-state index in [-0.39, 0.29) is 5.56 Å². The molecule has 144 valence electrons. The molecule has 1 aliphatic rings. The van der Waals surface area contributed by atoms with Crippen LogP contribution in [0.5, 0.6) is 0 Å². The fraction of sp³-hybridized carbons (Fsp3) is 0.318. The number of nitrogens with zero attached hydrogens (tertiary/aromatic N) is 3. The number of methoxy groups -OCH3 is 1. The Morgan fingerprint density at radius 1 is 1.18 bits per heavy atom. The van der Waals surface area contributed by atoms with E-state index in [4.69, 9.17) is 4.74 Å². The van der Waals surface area contributed by atoms with E-state index in [9.17, 15) is 4.79 Å². The number of aromatic nitrogens is 3. The average Bonchev–Trinajstić information content (AvgIpc) is 3.15. The molecule has 6 nitrogen and oxygen atoms in total. The zero-order chi connectivity index (χ0) is 19.3. The lowest BCUT2D eigenvalue weighted by Gasteiger charge is -2.16. The molecule has 1 fully saturated rings. The van der Waals surface area contributed by atoms with Gasteiger partial charge in [0.2, 0.25) is 0 Å². The van der Waals surface area contributed by atoms with Gasteiger partial charge >= 0.3 is 0 Å². The quantitative estimate of drug-likeness (QED) is 0.716. The molecule has 4 rings (SSSR count). The lowest BCUT2D eigenvalue weighted by Crippen LogP contribution is -2.21. The molecule has 0 bridgehead atoms. The molecule has 3 aromatic rings. The van der Waals surface area contributed by atoms with Crippen LogP contribution in [0.15, 0.2) is 59.7 Å². The molecule has 0 spiro atoms. The van der Waals surface area contributed by atoms with Crippen molar-refractivity contribution in [1.82, 2.24) is 19.9 Å². The molecule has 3 heterocycles. The van der Waals surface area contributed by atoms with Crippen LogP contribution in [-0.4, -0.2) is 46.7 Å². The molecule has 0 saturated carbocycles. The summed E-state index contributed by atoms with van der Waals surface area (Å²) in [6.07, 6.45) is 4.58. The van der Waals surface area contributed by atoms with Crippen LogP contribution in [0.3, 0.4) is 0 Å². The van der Waals surface area contributed by atoms with Gasteiger partial charge in [-0.05, 0) is 42.6 Å². The van der Waals surface area contributed by atoms with Crippen LogP contribution < -0.4 is 5.56 Å². The van der Waals surface area contributed by atoms with Crippen molar-refractivity contribution in [1.29, 1.82) is 0 Å². The number of nitrogens with one attached hydrogen (secondary N) is 1. The highest BCUT2D eigenvalue weighted by Gasteiger charge is 2.22. The van der Waals surface area contributed by atoms with Gasteiger partial charge in [0.05, 0.1) is 12.3 Å². The minimum Gasteiger partial charge on any atom is -0.384 e. The number of benzene rings is 1. The Morgan fingerprint density at radius 3 is 2.86 bits per heavy atom. The van der Waals surface area contributed by atoms with Crippen LogP contribution >= 0.6 is 0 Å². The Bertz CT molecular complexity index is 987. The summed E-state index contributed by atoms with van der Waals surface area (Å²) in [6.45, 7) is 3.86. The Labute approximate surface area is 164 Å². The minimum atomic E-state index is -0.163. The number of aromatic amines is 1. The van der Waals surface area contributed by atoms with E-state index in [1.54, 1.807) is 19.5 Å². The standard InChI is InChI=1S/C22H24N4O2/c1-28-15-17-7-10-26(14-17)13-16-3-2-4-19(11-16)22-24-20(12-21(27)25-22)18-5-8-23-9-6-18/h2-6,8-9,11-12,17H,7,10,13-15H2,1H3,(H,24,25,27). The van der Waals surface area contributed by atoms with Crippen molar-refractivity contribution in [3.8, 4) is 22.6 Å². The first-order chi connectivity index (χ1) is 13.7. The van der Waals surface area contributed by atoms with Gasteiger partial charge < -0.3 is 9.72 Å². The molecule has 28 heavy (non-hydrogen) atoms. The van der Waals surface area contributed by atoms with Crippen molar-refractivity contribution >= 4 is 0 Å². The van der Waals surface area contributed by atoms with Gasteiger partial charge in [-0.1, -0.05) is 18.2 Å². The molecule has 0 amide bonds. The molecule has 1 atom stereocenters. The zero-order valence-corrected chi connectivity index (χ0v) is 16.0. The van der Waals surface area contributed by atoms with Crippen molar-refractivity contribution in [2.75, 3.05) is 26.8 Å². The maximum absolute atomic E-state index is 12.2. The third-order valence-corrected chi connectivity index (χ3v) is 5.10. The van der Waals surface area contributed by atoms with Crippen LogP contribution in [0, 0.1) is 5.92 Å². The first kappa shape index (κ1) is 18.5. The fourth-order valence-electron chi connectivity index (χ4n) is 3.77. The first-order valence-electron chi connectivity index (χ1n) is 9.53. The number of pyridine rings is 1. The Balaban J connectivity index is 1.56. The number of hydrogen-bond acceptors (Lipinski definition) is 5. The van der Waals surface area contributed by atoms with Crippen LogP contribution in [0.1, 0.15) is 12.0 Å². The normalized spacial score (nSPS) is 17.1. The van der Waals surface area contributed by atoms with Gasteiger partial charge in [-0.15, -0.1) is 0 Å². The number of ether oxygens (including phenoxy) is 1. The highest BCUT2D eigenvalue weighted by atomic mass is 16.5. The van der Waals surface area contributed by atoms with Crippen molar-refractivity contribution in [2.45, 2.75) is 13.0 Å². The van der Waals surface area contributed by atoms with Crippen molar-refractivity contribution < 1.29 is 4.74 Å². The van der Waals surface area contributed by atoms with Crippen LogP contribution in [0.2, 0.25) is 0 Å². The number of hydrogen-bond donors (Lipinski definition) is 1. The third-order valence-electron chi connectivity index (χ3n) is 5.10. The van der Waals surface area contributed by atoms with E-state index in [0.717, 1.165) is 37.4 Å². The van der Waals surface area contributed by atoms with Crippen LogP contribution in [-0.2, 0) is 11.3 Å². The van der Waals surface area contributed by atoms with Crippen molar-refractivity contribution in [3.63, 3.8) is 0 Å². The predicted molar refractivity (Wildman–Crippen MR) is 109 cm³/mol. The van der Waals surface area contributed by atoms with Crippen molar-refractivity contribution in [2.24, 2.45) is 5.92 Å². The third kappa shape index (κ3) is 4.35. The van der Waals surface area contributed by atoms with E-state index < -0.39 is 0 Å². The molecule has 6 heteroatoms. The van der Waals surface area contributed by atoms with Crippen LogP contribution in [0.25, 0.3) is 22.6 Å². The average molecular weight is 376 g/mol. The van der Waals surface area contributed by atoms with E-state index in [1.165, 1.54) is 18.1 Å². The molecule has 1 N–H and O–H groups in total. The number of H-pyrrole nitrogens is 1. The van der Waals surface area contributed by atoms with Gasteiger partial charge in [0.15, 0.2) is 0 Å². The van der Waals surface area contributed by atoms with Gasteiger partial charge in [0.25, 0.3) is 5.56 Å². The summed E-state index contributed by atoms with van der Waals surface area (Å²) >= 11 is 0. The molecule has 0 aliphatic carbocycles. The summed E-state index contributed by atoms with van der Waals surface area (Å²) < 4.78 is 5.29. The van der Waals surface area contributed by atoms with E-state index in [0.29, 0.717) is 17.4 Å².